The van der Waals surface area contributed by atoms with Crippen LogP contribution in [0, 0.1) is 39.4 Å². The number of rotatable bonds is 6. The van der Waals surface area contributed by atoms with Crippen molar-refractivity contribution in [2.45, 2.75) is 123 Å². The molecule has 0 amide bonds. The van der Waals surface area contributed by atoms with Crippen molar-refractivity contribution in [1.82, 2.24) is 0 Å². The summed E-state index contributed by atoms with van der Waals surface area (Å²) in [6.07, 6.45) is -5.64. The molecule has 2 bridgehead atoms. The van der Waals surface area contributed by atoms with E-state index in [0.717, 1.165) is 19.4 Å². The van der Waals surface area contributed by atoms with E-state index in [1.54, 1.807) is 40.0 Å². The second-order valence-corrected chi connectivity index (χ2v) is 16.1. The summed E-state index contributed by atoms with van der Waals surface area (Å²) in [6, 6.07) is 1.80. The Morgan fingerprint density at radius 2 is 1.58 bits per heavy atom. The number of hydrogen-bond donors (Lipinski definition) is 2. The van der Waals surface area contributed by atoms with E-state index in [1.807, 2.05) is 6.92 Å². The van der Waals surface area contributed by atoms with Gasteiger partial charge in [-0.05, 0) is 37.3 Å². The maximum Gasteiger partial charge on any atom is 0.310 e. The van der Waals surface area contributed by atoms with Crippen molar-refractivity contribution in [3.05, 3.63) is 24.2 Å². The summed E-state index contributed by atoms with van der Waals surface area (Å²) in [7, 11) is 0. The van der Waals surface area contributed by atoms with Crippen molar-refractivity contribution in [3.63, 3.8) is 0 Å². The number of carbonyl (C=O) groups excluding carboxylic acids is 5. The summed E-state index contributed by atoms with van der Waals surface area (Å²) < 4.78 is 42.0. The van der Waals surface area contributed by atoms with Gasteiger partial charge in [-0.3, -0.25) is 24.0 Å². The highest BCUT2D eigenvalue weighted by atomic mass is 16.7. The van der Waals surface area contributed by atoms with Crippen LogP contribution in [0.25, 0.3) is 0 Å². The smallest absolute Gasteiger partial charge is 0.310 e. The van der Waals surface area contributed by atoms with Gasteiger partial charge in [0.2, 0.25) is 6.29 Å². The Morgan fingerprint density at radius 1 is 0.920 bits per heavy atom. The first kappa shape index (κ1) is 35.1. The van der Waals surface area contributed by atoms with Crippen molar-refractivity contribution in [1.29, 1.82) is 0 Å². The van der Waals surface area contributed by atoms with Gasteiger partial charge < -0.3 is 43.1 Å². The summed E-state index contributed by atoms with van der Waals surface area (Å²) in [4.78, 5) is 66.7. The van der Waals surface area contributed by atoms with Gasteiger partial charge in [-0.1, -0.05) is 27.7 Å². The minimum Gasteiger partial charge on any atom is -0.472 e. The molecular weight excluding hydrogens is 656 g/mol. The predicted octanol–water partition coefficient (Wildman–Crippen LogP) is 2.21. The van der Waals surface area contributed by atoms with Crippen LogP contribution in [0.2, 0.25) is 0 Å². The predicted molar refractivity (Wildman–Crippen MR) is 166 cm³/mol. The lowest BCUT2D eigenvalue weighted by Crippen LogP contribution is -2.84. The van der Waals surface area contributed by atoms with Crippen LogP contribution in [-0.2, 0) is 52.4 Å². The zero-order valence-corrected chi connectivity index (χ0v) is 29.5. The molecule has 7 rings (SSSR count). The number of fused-ring (bicyclic) bond motifs is 1. The number of carbonyl (C=O) groups is 5. The van der Waals surface area contributed by atoms with Gasteiger partial charge in [0.05, 0.1) is 48.1 Å². The topological polar surface area (TPSA) is 198 Å². The molecule has 4 aliphatic carbocycles. The molecule has 2 saturated heterocycles. The summed E-state index contributed by atoms with van der Waals surface area (Å²) >= 11 is 0. The number of ketones is 1. The number of esters is 4. The lowest BCUT2D eigenvalue weighted by Gasteiger charge is -2.73. The van der Waals surface area contributed by atoms with Gasteiger partial charge in [0, 0.05) is 43.4 Å². The molecule has 2 aliphatic heterocycles. The molecule has 4 saturated carbocycles. The van der Waals surface area contributed by atoms with Gasteiger partial charge in [-0.2, -0.15) is 0 Å². The zero-order chi connectivity index (χ0) is 36.5. The van der Waals surface area contributed by atoms with Gasteiger partial charge in [0.1, 0.15) is 11.7 Å². The average molecular weight is 703 g/mol. The molecule has 0 unspecified atom stereocenters. The molecule has 50 heavy (non-hydrogen) atoms. The Kier molecular flexibility index (Phi) is 7.78. The Hall–Kier alpha value is -3.33. The Bertz CT molecular complexity index is 1620. The van der Waals surface area contributed by atoms with Gasteiger partial charge in [-0.25, -0.2) is 0 Å². The van der Waals surface area contributed by atoms with Crippen molar-refractivity contribution in [3.8, 4) is 0 Å². The Balaban J connectivity index is 1.46. The first-order valence-corrected chi connectivity index (χ1v) is 17.3. The standard InChI is InChI=1S/C36H46O14/c1-15(2)30(43)49-31-32(6)21-12-22(40)34(8)26(35(21,14-45-31)27(42)25(46-16(3)37)29(32)48-18(5)39)24(41)28(47-17(4)38)33(7)20(19-9-10-44-13-19)11-23-36(33,34)50-23/h9-10,13,15,20-23,25-29,31,40,42H,11-12,14H2,1-8H3/t20-,21-,22+,23-,25-,26+,27+,28-,29+,31+,32+,33+,34+,35-,36-/m0/s1. The van der Waals surface area contributed by atoms with Crippen molar-refractivity contribution >= 4 is 29.7 Å². The van der Waals surface area contributed by atoms with Crippen LogP contribution in [-0.4, -0.2) is 95.0 Å². The average Bonchev–Trinajstić information content (AvgIpc) is 3.38. The van der Waals surface area contributed by atoms with E-state index in [2.05, 4.69) is 0 Å². The number of furan rings is 1. The van der Waals surface area contributed by atoms with Gasteiger partial charge in [0.15, 0.2) is 24.1 Å². The number of aliphatic hydroxyl groups excluding tert-OH is 2. The molecule has 6 fully saturated rings. The lowest BCUT2D eigenvalue weighted by molar-refractivity contribution is -0.391. The van der Waals surface area contributed by atoms with Crippen molar-refractivity contribution in [2.24, 2.45) is 39.4 Å². The molecule has 1 spiro atoms. The molecule has 2 N–H and O–H groups in total. The fourth-order valence-electron chi connectivity index (χ4n) is 11.7. The van der Waals surface area contributed by atoms with Crippen LogP contribution in [0.3, 0.4) is 0 Å². The van der Waals surface area contributed by atoms with Crippen LogP contribution < -0.4 is 0 Å². The molecule has 3 heterocycles. The minimum atomic E-state index is -1.70. The summed E-state index contributed by atoms with van der Waals surface area (Å²) in [5, 5.41) is 25.2. The SMILES string of the molecule is CC(=O)O[C@@H]1[C@@H](OC(C)=O)[C@]2(C)[C@@H](OC(=O)C(C)C)OC[C@]3([C@@H]1O)[C@H]2C[C@@H](O)[C@]1(C)[C@H]3C(=O)[C@H](OC(C)=O)[C@@]2(C)[C@H](c3ccoc3)C[C@@H]3O[C@@]321. The quantitative estimate of drug-likeness (QED) is 0.249. The Morgan fingerprint density at radius 3 is 2.16 bits per heavy atom. The fourth-order valence-corrected chi connectivity index (χ4v) is 11.7. The summed E-state index contributed by atoms with van der Waals surface area (Å²) in [5.74, 6) is -6.59. The molecular formula is C36H46O14. The van der Waals surface area contributed by atoms with E-state index in [-0.39, 0.29) is 18.9 Å². The first-order valence-electron chi connectivity index (χ1n) is 17.3. The third kappa shape index (κ3) is 4.07. The van der Waals surface area contributed by atoms with E-state index in [1.165, 1.54) is 13.2 Å². The second kappa shape index (κ2) is 11.1. The third-order valence-corrected chi connectivity index (χ3v) is 13.6. The molecule has 0 aromatic carbocycles. The highest BCUT2D eigenvalue weighted by molar-refractivity contribution is 5.93. The second-order valence-electron chi connectivity index (χ2n) is 16.1. The van der Waals surface area contributed by atoms with E-state index in [0.29, 0.717) is 6.42 Å². The molecule has 274 valence electrons. The van der Waals surface area contributed by atoms with Crippen molar-refractivity contribution < 1.29 is 67.0 Å². The lowest BCUT2D eigenvalue weighted by atomic mass is 9.33. The highest BCUT2D eigenvalue weighted by Crippen LogP contribution is 2.83. The summed E-state index contributed by atoms with van der Waals surface area (Å²) in [6.45, 7) is 11.7. The largest absolute Gasteiger partial charge is 0.472 e. The molecule has 14 heteroatoms. The molecule has 6 aliphatic rings. The van der Waals surface area contributed by atoms with Crippen LogP contribution in [0.4, 0.5) is 0 Å². The number of ether oxygens (including phenoxy) is 6. The van der Waals surface area contributed by atoms with Crippen LogP contribution in [0.1, 0.15) is 79.7 Å². The monoisotopic (exact) mass is 702 g/mol. The number of aliphatic hydroxyl groups is 2. The highest BCUT2D eigenvalue weighted by Gasteiger charge is 2.93. The normalized spacial score (nSPS) is 48.3. The zero-order valence-electron chi connectivity index (χ0n) is 29.5. The van der Waals surface area contributed by atoms with Gasteiger partial charge in [0.25, 0.3) is 0 Å². The minimum absolute atomic E-state index is 0.0556. The van der Waals surface area contributed by atoms with Crippen LogP contribution >= 0.6 is 0 Å². The number of epoxide rings is 1. The van der Waals surface area contributed by atoms with E-state index in [4.69, 9.17) is 32.8 Å². The molecule has 1 aromatic rings. The maximum absolute atomic E-state index is 15.5. The number of hydrogen-bond acceptors (Lipinski definition) is 14. The maximum atomic E-state index is 15.5. The van der Waals surface area contributed by atoms with Gasteiger partial charge in [-0.15, -0.1) is 0 Å². The van der Waals surface area contributed by atoms with E-state index >= 15 is 4.79 Å². The molecule has 0 radical (unpaired) electrons. The third-order valence-electron chi connectivity index (χ3n) is 13.6. The van der Waals surface area contributed by atoms with Crippen LogP contribution in [0.5, 0.6) is 0 Å². The fraction of sp³-hybridized carbons (Fsp3) is 0.750. The molecule has 1 aromatic heterocycles. The molecule has 15 atom stereocenters. The molecule has 14 nitrogen and oxygen atoms in total. The first-order chi connectivity index (χ1) is 23.3. The van der Waals surface area contributed by atoms with E-state index in [9.17, 15) is 29.4 Å². The van der Waals surface area contributed by atoms with Crippen molar-refractivity contribution in [2.75, 3.05) is 6.61 Å². The van der Waals surface area contributed by atoms with E-state index < -0.39 is 118 Å². The number of Topliss-reactive ketones (excluding diaryl/α,β-unsaturated/α-hetero) is 1. The summed E-state index contributed by atoms with van der Waals surface area (Å²) in [5.41, 5.74) is -6.22. The van der Waals surface area contributed by atoms with Gasteiger partial charge >= 0.3 is 23.9 Å². The Labute approximate surface area is 289 Å². The van der Waals surface area contributed by atoms with Crippen LogP contribution in [0.15, 0.2) is 23.0 Å².